The van der Waals surface area contributed by atoms with E-state index in [4.69, 9.17) is 15.9 Å². The maximum absolute atomic E-state index is 12.1. The highest BCUT2D eigenvalue weighted by Gasteiger charge is 2.22. The van der Waals surface area contributed by atoms with Crippen LogP contribution in [0.3, 0.4) is 0 Å². The monoisotopic (exact) mass is 247 g/mol. The largest absolute Gasteiger partial charge is 0.398 e. The summed E-state index contributed by atoms with van der Waals surface area (Å²) in [5.41, 5.74) is 7.41. The number of nitrogen functional groups attached to an aromatic ring is 1. The van der Waals surface area contributed by atoms with Gasteiger partial charge in [-0.15, -0.1) is 0 Å². The lowest BCUT2D eigenvalue weighted by Gasteiger charge is -2.21. The van der Waals surface area contributed by atoms with E-state index in [0.29, 0.717) is 30.2 Å². The molecule has 0 saturated carbocycles. The molecule has 0 radical (unpaired) electrons. The molecule has 18 heavy (non-hydrogen) atoms. The van der Waals surface area contributed by atoms with Gasteiger partial charge in [0.15, 0.2) is 0 Å². The molecule has 1 aliphatic rings. The van der Waals surface area contributed by atoms with Crippen LogP contribution in [0, 0.1) is 11.3 Å². The molecule has 1 aromatic rings. The number of carbonyl (C=O) groups excluding carboxylic acids is 1. The topological polar surface area (TPSA) is 88.2 Å². The summed E-state index contributed by atoms with van der Waals surface area (Å²) >= 11 is 0. The average Bonchev–Trinajstić information content (AvgIpc) is 2.40. The van der Waals surface area contributed by atoms with Crippen molar-refractivity contribution in [2.24, 2.45) is 5.92 Å². The van der Waals surface area contributed by atoms with Crippen molar-refractivity contribution in [3.05, 3.63) is 23.8 Å². The lowest BCUT2D eigenvalue weighted by Crippen LogP contribution is -2.28. The highest BCUT2D eigenvalue weighted by molar-refractivity contribution is 6.00. The Kier molecular flexibility index (Phi) is 3.94. The van der Waals surface area contributed by atoms with Gasteiger partial charge in [-0.05, 0) is 25.0 Å². The second kappa shape index (κ2) is 5.64. The fraction of sp³-hybridized carbons (Fsp3) is 0.385. The van der Waals surface area contributed by atoms with Gasteiger partial charge in [-0.3, -0.25) is 4.79 Å². The third-order valence-electron chi connectivity index (χ3n) is 3.13. The van der Waals surface area contributed by atoms with Crippen LogP contribution in [0.1, 0.15) is 18.4 Å². The number of hydrogen-bond acceptors (Lipinski definition) is 4. The number of anilines is 2. The van der Waals surface area contributed by atoms with Crippen molar-refractivity contribution in [1.29, 1.82) is 5.41 Å². The van der Waals surface area contributed by atoms with Gasteiger partial charge in [-0.1, -0.05) is 6.07 Å². The summed E-state index contributed by atoms with van der Waals surface area (Å²) in [4.78, 5) is 12.1. The number of rotatable bonds is 3. The average molecular weight is 247 g/mol. The van der Waals surface area contributed by atoms with E-state index >= 15 is 0 Å². The van der Waals surface area contributed by atoms with Gasteiger partial charge in [-0.2, -0.15) is 0 Å². The van der Waals surface area contributed by atoms with Crippen LogP contribution in [0.25, 0.3) is 0 Å². The first kappa shape index (κ1) is 12.6. The molecule has 0 bridgehead atoms. The SMILES string of the molecule is N=Cc1c(N)cccc1NC(=O)C1CCOCC1. The molecule has 96 valence electrons. The first-order valence-corrected chi connectivity index (χ1v) is 6.00. The first-order chi connectivity index (χ1) is 8.72. The van der Waals surface area contributed by atoms with Gasteiger partial charge in [0.1, 0.15) is 0 Å². The molecule has 1 heterocycles. The molecule has 1 aromatic carbocycles. The lowest BCUT2D eigenvalue weighted by atomic mass is 9.99. The Morgan fingerprint density at radius 3 is 2.83 bits per heavy atom. The van der Waals surface area contributed by atoms with E-state index in [9.17, 15) is 4.79 Å². The number of benzene rings is 1. The molecule has 0 unspecified atom stereocenters. The standard InChI is InChI=1S/C13H17N3O2/c14-8-10-11(15)2-1-3-12(10)16-13(17)9-4-6-18-7-5-9/h1-3,8-9,14H,4-7,15H2,(H,16,17). The molecule has 0 atom stereocenters. The van der Waals surface area contributed by atoms with E-state index < -0.39 is 0 Å². The van der Waals surface area contributed by atoms with Gasteiger partial charge in [0.05, 0.1) is 5.69 Å². The summed E-state index contributed by atoms with van der Waals surface area (Å²) in [6, 6.07) is 5.24. The lowest BCUT2D eigenvalue weighted by molar-refractivity contribution is -0.122. The summed E-state index contributed by atoms with van der Waals surface area (Å²) in [7, 11) is 0. The number of nitrogens with one attached hydrogen (secondary N) is 2. The zero-order chi connectivity index (χ0) is 13.0. The van der Waals surface area contributed by atoms with Gasteiger partial charge in [0.25, 0.3) is 0 Å². The second-order valence-electron chi connectivity index (χ2n) is 4.33. The second-order valence-corrected chi connectivity index (χ2v) is 4.33. The molecule has 1 aliphatic heterocycles. The van der Waals surface area contributed by atoms with E-state index in [2.05, 4.69) is 5.32 Å². The zero-order valence-electron chi connectivity index (χ0n) is 10.1. The molecular formula is C13H17N3O2. The Hall–Kier alpha value is -1.88. The van der Waals surface area contributed by atoms with Crippen LogP contribution in [0.4, 0.5) is 11.4 Å². The van der Waals surface area contributed by atoms with Crippen LogP contribution >= 0.6 is 0 Å². The summed E-state index contributed by atoms with van der Waals surface area (Å²) in [5, 5.41) is 10.2. The van der Waals surface area contributed by atoms with Crippen molar-refractivity contribution in [1.82, 2.24) is 0 Å². The third-order valence-corrected chi connectivity index (χ3v) is 3.13. The van der Waals surface area contributed by atoms with E-state index in [-0.39, 0.29) is 11.8 Å². The molecule has 1 fully saturated rings. The van der Waals surface area contributed by atoms with Crippen LogP contribution in [0.2, 0.25) is 0 Å². The minimum Gasteiger partial charge on any atom is -0.398 e. The molecule has 4 N–H and O–H groups in total. The molecule has 1 amide bonds. The first-order valence-electron chi connectivity index (χ1n) is 6.00. The van der Waals surface area contributed by atoms with Crippen LogP contribution in [0.5, 0.6) is 0 Å². The van der Waals surface area contributed by atoms with Crippen molar-refractivity contribution in [3.63, 3.8) is 0 Å². The van der Waals surface area contributed by atoms with Gasteiger partial charge in [0.2, 0.25) is 5.91 Å². The predicted molar refractivity (Wildman–Crippen MR) is 70.9 cm³/mol. The quantitative estimate of drug-likeness (QED) is 0.560. The molecular weight excluding hydrogens is 230 g/mol. The minimum absolute atomic E-state index is 0.0150. The fourth-order valence-electron chi connectivity index (χ4n) is 2.05. The molecule has 5 heteroatoms. The van der Waals surface area contributed by atoms with Crippen molar-refractivity contribution < 1.29 is 9.53 Å². The van der Waals surface area contributed by atoms with Crippen LogP contribution in [-0.4, -0.2) is 25.3 Å². The van der Waals surface area contributed by atoms with E-state index in [1.807, 2.05) is 0 Å². The Morgan fingerprint density at radius 2 is 2.17 bits per heavy atom. The Bertz CT molecular complexity index is 454. The van der Waals surface area contributed by atoms with Crippen molar-refractivity contribution in [2.75, 3.05) is 24.3 Å². The van der Waals surface area contributed by atoms with Crippen LogP contribution < -0.4 is 11.1 Å². The van der Waals surface area contributed by atoms with Gasteiger partial charge < -0.3 is 21.2 Å². The smallest absolute Gasteiger partial charge is 0.227 e. The maximum Gasteiger partial charge on any atom is 0.227 e. The number of nitrogens with two attached hydrogens (primary N) is 1. The molecule has 1 saturated heterocycles. The predicted octanol–water partition coefficient (Wildman–Crippen LogP) is 1.63. The summed E-state index contributed by atoms with van der Waals surface area (Å²) in [6.45, 7) is 1.26. The number of carbonyl (C=O) groups is 1. The highest BCUT2D eigenvalue weighted by atomic mass is 16.5. The fourth-order valence-corrected chi connectivity index (χ4v) is 2.05. The number of amides is 1. The molecule has 0 spiro atoms. The summed E-state index contributed by atoms with van der Waals surface area (Å²) in [5.74, 6) is -0.0363. The molecule has 0 aromatic heterocycles. The molecule has 0 aliphatic carbocycles. The summed E-state index contributed by atoms with van der Waals surface area (Å²) in [6.07, 6.45) is 2.65. The van der Waals surface area contributed by atoms with Crippen LogP contribution in [-0.2, 0) is 9.53 Å². The molecule has 5 nitrogen and oxygen atoms in total. The van der Waals surface area contributed by atoms with E-state index in [1.54, 1.807) is 18.2 Å². The van der Waals surface area contributed by atoms with Crippen molar-refractivity contribution >= 4 is 23.5 Å². The zero-order valence-corrected chi connectivity index (χ0v) is 10.1. The highest BCUT2D eigenvalue weighted by Crippen LogP contribution is 2.22. The van der Waals surface area contributed by atoms with Gasteiger partial charge >= 0.3 is 0 Å². The third kappa shape index (κ3) is 2.68. The van der Waals surface area contributed by atoms with Crippen molar-refractivity contribution in [2.45, 2.75) is 12.8 Å². The molecule has 2 rings (SSSR count). The number of ether oxygens (including phenoxy) is 1. The van der Waals surface area contributed by atoms with Gasteiger partial charge in [-0.25, -0.2) is 0 Å². The summed E-state index contributed by atoms with van der Waals surface area (Å²) < 4.78 is 5.23. The van der Waals surface area contributed by atoms with E-state index in [1.165, 1.54) is 0 Å². The maximum atomic E-state index is 12.1. The Labute approximate surface area is 106 Å². The van der Waals surface area contributed by atoms with Crippen molar-refractivity contribution in [3.8, 4) is 0 Å². The number of hydrogen-bond donors (Lipinski definition) is 3. The van der Waals surface area contributed by atoms with Crippen LogP contribution in [0.15, 0.2) is 18.2 Å². The Balaban J connectivity index is 2.11. The minimum atomic E-state index is -0.0213. The van der Waals surface area contributed by atoms with Gasteiger partial charge in [0, 0.05) is 36.6 Å². The normalized spacial score (nSPS) is 16.2. The Morgan fingerprint density at radius 1 is 1.44 bits per heavy atom. The van der Waals surface area contributed by atoms with E-state index in [0.717, 1.165) is 19.1 Å².